The van der Waals surface area contributed by atoms with Crippen molar-refractivity contribution in [3.8, 4) is 0 Å². The van der Waals surface area contributed by atoms with Crippen molar-refractivity contribution in [2.75, 3.05) is 0 Å². The van der Waals surface area contributed by atoms with E-state index in [0.717, 1.165) is 6.20 Å². The molecule has 0 N–H and O–H groups in total. The first-order valence-electron chi connectivity index (χ1n) is 0.866. The predicted octanol–water partition coefficient (Wildman–Crippen LogP) is 0.983. The molecule has 0 aliphatic heterocycles. The minimum atomic E-state index is 1.06. The topological polar surface area (TPSA) is 28.1 Å². The van der Waals surface area contributed by atoms with Gasteiger partial charge in [0.05, 0.1) is 0 Å². The number of nitrogens with zero attached hydrogens (tertiary/aromatic N) is 2. The summed E-state index contributed by atoms with van der Waals surface area (Å²) < 4.78 is 0. The van der Waals surface area contributed by atoms with Crippen LogP contribution in [-0.2, 0) is 0 Å². The van der Waals surface area contributed by atoms with E-state index in [2.05, 4.69) is 11.6 Å². The second-order valence-electron chi connectivity index (χ2n) is 0.298. The van der Waals surface area contributed by atoms with Crippen molar-refractivity contribution >= 4 is 0 Å². The van der Waals surface area contributed by atoms with Crippen LogP contribution in [0.3, 0.4) is 0 Å². The van der Waals surface area contributed by atoms with E-state index in [1.165, 1.54) is 0 Å². The Bertz CT molecular complexity index is 49.5. The van der Waals surface area contributed by atoms with Gasteiger partial charge in [0.15, 0.2) is 4.98 Å². The fraction of sp³-hybridized carbons (Fsp3) is 0. The van der Waals surface area contributed by atoms with Gasteiger partial charge in [0, 0.05) is 0 Å². The maximum Gasteiger partial charge on any atom is 0.343 e. The molecule has 2 heteroatoms. The lowest BCUT2D eigenvalue weighted by Crippen LogP contribution is -1.13. The summed E-state index contributed by atoms with van der Waals surface area (Å²) in [6, 6.07) is 0. The third-order valence-electron chi connectivity index (χ3n) is 0.0816. The van der Waals surface area contributed by atoms with Crippen LogP contribution in [0.1, 0.15) is 0 Å². The average molecular weight is 55.1 g/mol. The van der Waals surface area contributed by atoms with Crippen LogP contribution < -0.4 is 0 Å². The van der Waals surface area contributed by atoms with Gasteiger partial charge < -0.3 is 0 Å². The molecule has 0 spiro atoms. The highest BCUT2D eigenvalue weighted by Gasteiger charge is 1.55. The van der Waals surface area contributed by atoms with Crippen molar-refractivity contribution in [3.05, 3.63) is 17.8 Å². The summed E-state index contributed by atoms with van der Waals surface area (Å²) in [6.07, 6.45) is 1.06. The normalized spacial score (nSPS) is 3.75. The molecule has 2 nitrogen and oxygen atoms in total. The summed E-state index contributed by atoms with van der Waals surface area (Å²) in [6.45, 7) is 3.06. The lowest BCUT2D eigenvalue weighted by molar-refractivity contribution is 1.47. The van der Waals surface area contributed by atoms with Crippen LogP contribution in [0, 0.1) is 5.39 Å². The molecule has 4 heavy (non-hydrogen) atoms. The van der Waals surface area contributed by atoms with Crippen molar-refractivity contribution in [1.82, 2.24) is 0 Å². The van der Waals surface area contributed by atoms with Gasteiger partial charge >= 0.3 is 6.20 Å². The average Bonchev–Trinajstić information content (AvgIpc) is 1.37. The highest BCUT2D eigenvalue weighted by Crippen LogP contribution is 1.52. The summed E-state index contributed by atoms with van der Waals surface area (Å²) in [5.74, 6) is 0. The Balaban J connectivity index is 2.92. The molecule has 0 aromatic carbocycles. The Labute approximate surface area is 24.4 Å². The van der Waals surface area contributed by atoms with Gasteiger partial charge in [0.25, 0.3) is 0 Å². The fourth-order valence-electron chi connectivity index (χ4n) is 0. The Kier molecular flexibility index (Phi) is 1.71. The van der Waals surface area contributed by atoms with Crippen LogP contribution in [0.5, 0.6) is 0 Å². The number of diazo groups is 1. The van der Waals surface area contributed by atoms with Crippen LogP contribution in [-0.4, -0.2) is 0 Å². The Hall–Kier alpha value is -0.840. The van der Waals surface area contributed by atoms with Crippen LogP contribution in [0.4, 0.5) is 0 Å². The molecule has 0 radical (unpaired) electrons. The van der Waals surface area contributed by atoms with Gasteiger partial charge in [-0.3, -0.25) is 0 Å². The highest BCUT2D eigenvalue weighted by atomic mass is 14.8. The van der Waals surface area contributed by atoms with Crippen molar-refractivity contribution in [2.24, 2.45) is 0 Å². The number of rotatable bonds is 0. The number of hydrogen-bond acceptors (Lipinski definition) is 1. The van der Waals surface area contributed by atoms with Crippen LogP contribution >= 0.6 is 0 Å². The Morgan fingerprint density at radius 1 is 2.00 bits per heavy atom. The molecule has 0 fully saturated rings. The van der Waals surface area contributed by atoms with Crippen LogP contribution in [0.25, 0.3) is 4.98 Å². The third kappa shape index (κ3) is 1.16. The predicted molar refractivity (Wildman–Crippen MR) is 15.3 cm³/mol. The standard InChI is InChI=1S/C2H3N2/c1-2-4-3/h2H,1H2/q+1. The van der Waals surface area contributed by atoms with Crippen molar-refractivity contribution in [2.45, 2.75) is 0 Å². The van der Waals surface area contributed by atoms with Crippen LogP contribution in [0.15, 0.2) is 12.8 Å². The number of hydrogen-bond donors (Lipinski definition) is 0. The lowest BCUT2D eigenvalue weighted by Gasteiger charge is -1.10. The molecule has 0 amide bonds. The smallest absolute Gasteiger partial charge is 0.0108 e. The molecular formula is C2H3N2+. The minimum absolute atomic E-state index is 1.06. The first-order chi connectivity index (χ1) is 1.91. The molecule has 0 aliphatic carbocycles. The molecule has 0 aromatic heterocycles. The summed E-state index contributed by atoms with van der Waals surface area (Å²) in [5, 5.41) is 7.38. The zero-order chi connectivity index (χ0) is 3.41. The van der Waals surface area contributed by atoms with Crippen molar-refractivity contribution < 1.29 is 0 Å². The van der Waals surface area contributed by atoms with Gasteiger partial charge in [-0.1, -0.05) is 0 Å². The monoisotopic (exact) mass is 55.0 g/mol. The fourth-order valence-corrected chi connectivity index (χ4v) is 0. The van der Waals surface area contributed by atoms with Crippen molar-refractivity contribution in [3.63, 3.8) is 0 Å². The van der Waals surface area contributed by atoms with Gasteiger partial charge in [0.2, 0.25) is 5.39 Å². The molecule has 0 rings (SSSR count). The Morgan fingerprint density at radius 2 is 2.25 bits per heavy atom. The molecule has 0 bridgehead atoms. The van der Waals surface area contributed by atoms with E-state index in [9.17, 15) is 0 Å². The van der Waals surface area contributed by atoms with E-state index in [4.69, 9.17) is 5.39 Å². The van der Waals surface area contributed by atoms with Gasteiger partial charge in [0.1, 0.15) is 0 Å². The maximum atomic E-state index is 7.38. The van der Waals surface area contributed by atoms with Crippen molar-refractivity contribution in [1.29, 1.82) is 5.39 Å². The van der Waals surface area contributed by atoms with E-state index >= 15 is 0 Å². The lowest BCUT2D eigenvalue weighted by atomic mass is 11.1. The quantitative estimate of drug-likeness (QED) is 0.379. The highest BCUT2D eigenvalue weighted by molar-refractivity contribution is 4.72. The minimum Gasteiger partial charge on any atom is -0.0108 e. The van der Waals surface area contributed by atoms with E-state index < -0.39 is 0 Å². The molecule has 0 aromatic rings. The second-order valence-corrected chi connectivity index (χ2v) is 0.298. The summed E-state index contributed by atoms with van der Waals surface area (Å²) in [5.41, 5.74) is 0. The van der Waals surface area contributed by atoms with Crippen LogP contribution in [0.2, 0.25) is 0 Å². The zero-order valence-electron chi connectivity index (χ0n) is 2.18. The molecule has 0 saturated carbocycles. The van der Waals surface area contributed by atoms with E-state index in [1.807, 2.05) is 0 Å². The molecule has 0 saturated heterocycles. The zero-order valence-corrected chi connectivity index (χ0v) is 2.18. The van der Waals surface area contributed by atoms with Gasteiger partial charge in [-0.2, -0.15) is 0 Å². The molecule has 20 valence electrons. The van der Waals surface area contributed by atoms with Gasteiger partial charge in [-0.25, -0.2) is 0 Å². The summed E-state index contributed by atoms with van der Waals surface area (Å²) >= 11 is 0. The molecule has 0 unspecified atom stereocenters. The first kappa shape index (κ1) is 3.16. The third-order valence-corrected chi connectivity index (χ3v) is 0.0816. The largest absolute Gasteiger partial charge is 0.343 e. The molecule has 0 atom stereocenters. The second kappa shape index (κ2) is 2.16. The maximum absolute atomic E-state index is 7.38. The van der Waals surface area contributed by atoms with E-state index in [1.54, 1.807) is 0 Å². The molecular weight excluding hydrogens is 52.0 g/mol. The molecule has 0 aliphatic rings. The van der Waals surface area contributed by atoms with Gasteiger partial charge in [-0.05, 0) is 6.58 Å². The summed E-state index contributed by atoms with van der Waals surface area (Å²) in [7, 11) is 0. The molecule has 0 heterocycles. The van der Waals surface area contributed by atoms with Gasteiger partial charge in [-0.15, -0.1) is 0 Å². The summed E-state index contributed by atoms with van der Waals surface area (Å²) in [4.78, 5) is 2.50. The SMILES string of the molecule is C=C[N+]#N. The first-order valence-corrected chi connectivity index (χ1v) is 0.866. The van der Waals surface area contributed by atoms with E-state index in [-0.39, 0.29) is 0 Å². The van der Waals surface area contributed by atoms with E-state index in [0.29, 0.717) is 0 Å². The Morgan fingerprint density at radius 3 is 2.25 bits per heavy atom.